The molecule has 0 aromatic heterocycles. The molecule has 11 heteroatoms. The summed E-state index contributed by atoms with van der Waals surface area (Å²) in [5.41, 5.74) is 0.566. The molecule has 0 saturated carbocycles. The Balaban J connectivity index is 1.21. The van der Waals surface area contributed by atoms with Crippen molar-refractivity contribution >= 4 is 27.5 Å². The smallest absolute Gasteiger partial charge is 0.245 e. The third-order valence-electron chi connectivity index (χ3n) is 9.12. The average molecular weight is 547 g/mol. The van der Waals surface area contributed by atoms with E-state index >= 15 is 0 Å². The van der Waals surface area contributed by atoms with E-state index in [1.54, 1.807) is 16.4 Å². The standard InChI is InChI=1S/C27H39N5O5S/c1-19-26(27(34)29-13-4-3-5-14-29)25-18-22(12-17-31(25)32(19)35)21-10-15-30(16-11-21)38(36,37)24-8-6-23(7-9-24)28-20(2)33/h6-9,19,21-22,25-26H,3-5,10-18H2,1-2H3/p+1. The molecule has 10 nitrogen and oxygen atoms in total. The predicted molar refractivity (Wildman–Crippen MR) is 142 cm³/mol. The van der Waals surface area contributed by atoms with Crippen LogP contribution in [0.4, 0.5) is 5.69 Å². The molecule has 5 rings (SSSR count). The van der Waals surface area contributed by atoms with Crippen molar-refractivity contribution < 1.29 is 22.9 Å². The van der Waals surface area contributed by atoms with Crippen molar-refractivity contribution in [3.63, 3.8) is 0 Å². The van der Waals surface area contributed by atoms with Gasteiger partial charge < -0.3 is 10.2 Å². The second-order valence-electron chi connectivity index (χ2n) is 11.4. The van der Waals surface area contributed by atoms with E-state index in [9.17, 15) is 22.9 Å². The Bertz CT molecular complexity index is 1160. The Morgan fingerprint density at radius 1 is 0.921 bits per heavy atom. The number of carbonyl (C=O) groups is 2. The fraction of sp³-hybridized carbons (Fsp3) is 0.704. The monoisotopic (exact) mass is 546 g/mol. The number of rotatable bonds is 5. The lowest BCUT2D eigenvalue weighted by Crippen LogP contribution is -2.50. The van der Waals surface area contributed by atoms with Crippen LogP contribution in [0.2, 0.25) is 0 Å². The van der Waals surface area contributed by atoms with Crippen molar-refractivity contribution in [2.24, 2.45) is 17.8 Å². The number of anilines is 1. The lowest BCUT2D eigenvalue weighted by atomic mass is 9.74. The van der Waals surface area contributed by atoms with Crippen LogP contribution in [-0.4, -0.2) is 84.1 Å². The molecular formula is C27H40N5O5S+. The second-order valence-corrected chi connectivity index (χ2v) is 13.4. The Labute approximate surface area is 225 Å². The highest BCUT2D eigenvalue weighted by atomic mass is 32.2. The summed E-state index contributed by atoms with van der Waals surface area (Å²) in [7, 11) is -3.61. The number of carbonyl (C=O) groups excluding carboxylic acids is 2. The average Bonchev–Trinajstić information content (AvgIpc) is 3.17. The van der Waals surface area contributed by atoms with Crippen LogP contribution in [0.3, 0.4) is 0 Å². The lowest BCUT2D eigenvalue weighted by Gasteiger charge is -2.40. The topological polar surface area (TPSA) is 110 Å². The van der Waals surface area contributed by atoms with Gasteiger partial charge in [0.05, 0.1) is 16.3 Å². The number of sulfonamides is 1. The number of nitrogens with zero attached hydrogens (tertiary/aromatic N) is 4. The summed E-state index contributed by atoms with van der Waals surface area (Å²) in [5.74, 6) is 0.401. The van der Waals surface area contributed by atoms with Crippen LogP contribution < -0.4 is 5.32 Å². The largest absolute Gasteiger partial charge is 0.342 e. The zero-order valence-corrected chi connectivity index (χ0v) is 23.2. The Morgan fingerprint density at radius 2 is 1.55 bits per heavy atom. The van der Waals surface area contributed by atoms with E-state index in [0.29, 0.717) is 37.2 Å². The zero-order chi connectivity index (χ0) is 27.0. The van der Waals surface area contributed by atoms with Crippen molar-refractivity contribution in [2.45, 2.75) is 75.8 Å². The van der Waals surface area contributed by atoms with E-state index in [1.807, 2.05) is 16.8 Å². The molecule has 0 aliphatic carbocycles. The minimum absolute atomic E-state index is 0.0698. The molecule has 4 unspecified atom stereocenters. The van der Waals surface area contributed by atoms with Crippen molar-refractivity contribution in [3.05, 3.63) is 29.2 Å². The number of hydrogen-bond acceptors (Lipinski definition) is 5. The highest BCUT2D eigenvalue weighted by Gasteiger charge is 2.59. The number of hydrogen-bond donors (Lipinski definition) is 1. The van der Waals surface area contributed by atoms with Gasteiger partial charge in [0.2, 0.25) is 27.9 Å². The number of fused-ring (bicyclic) bond motifs is 1. The maximum Gasteiger partial charge on any atom is 0.245 e. The van der Waals surface area contributed by atoms with Crippen LogP contribution in [0.5, 0.6) is 0 Å². The molecule has 208 valence electrons. The summed E-state index contributed by atoms with van der Waals surface area (Å²) in [6.07, 6.45) is 6.50. The van der Waals surface area contributed by atoms with Crippen LogP contribution in [0.1, 0.15) is 58.8 Å². The second kappa shape index (κ2) is 10.9. The molecule has 0 radical (unpaired) electrons. The Kier molecular flexibility index (Phi) is 7.77. The number of hydrazine groups is 1. The van der Waals surface area contributed by atoms with E-state index in [1.165, 1.54) is 19.1 Å². The molecule has 4 saturated heterocycles. The van der Waals surface area contributed by atoms with Gasteiger partial charge in [0.15, 0.2) is 0 Å². The van der Waals surface area contributed by atoms with Gasteiger partial charge in [-0.25, -0.2) is 8.42 Å². The molecule has 4 atom stereocenters. The van der Waals surface area contributed by atoms with Gasteiger partial charge in [0.1, 0.15) is 16.8 Å². The summed E-state index contributed by atoms with van der Waals surface area (Å²) >= 11 is 0. The highest BCUT2D eigenvalue weighted by molar-refractivity contribution is 7.89. The molecule has 0 bridgehead atoms. The number of nitrogens with one attached hydrogen (secondary N) is 1. The maximum atomic E-state index is 13.5. The lowest BCUT2D eigenvalue weighted by molar-refractivity contribution is -0.716. The van der Waals surface area contributed by atoms with Gasteiger partial charge >= 0.3 is 0 Å². The van der Waals surface area contributed by atoms with Gasteiger partial charge in [-0.05, 0) is 81.0 Å². The number of piperidine rings is 3. The normalized spacial score (nSPS) is 29.3. The zero-order valence-electron chi connectivity index (χ0n) is 22.4. The van der Waals surface area contributed by atoms with Gasteiger partial charge in [-0.3, -0.25) is 9.59 Å². The van der Waals surface area contributed by atoms with E-state index in [2.05, 4.69) is 5.32 Å². The minimum atomic E-state index is -3.61. The van der Waals surface area contributed by atoms with Crippen molar-refractivity contribution in [1.29, 1.82) is 0 Å². The molecule has 2 amide bonds. The summed E-state index contributed by atoms with van der Waals surface area (Å²) in [5, 5.41) is 4.54. The van der Waals surface area contributed by atoms with Gasteiger partial charge in [0.25, 0.3) is 0 Å². The third kappa shape index (κ3) is 5.19. The van der Waals surface area contributed by atoms with Crippen molar-refractivity contribution in [3.8, 4) is 0 Å². The maximum absolute atomic E-state index is 13.5. The minimum Gasteiger partial charge on any atom is -0.342 e. The summed E-state index contributed by atoms with van der Waals surface area (Å²) in [6, 6.07) is 5.88. The molecule has 1 N–H and O–H groups in total. The van der Waals surface area contributed by atoms with Crippen LogP contribution in [-0.2, 0) is 19.6 Å². The van der Waals surface area contributed by atoms with Crippen molar-refractivity contribution in [1.82, 2.24) is 14.2 Å². The molecule has 0 spiro atoms. The van der Waals surface area contributed by atoms with Crippen molar-refractivity contribution in [2.75, 3.05) is 38.0 Å². The number of benzene rings is 1. The first-order valence-electron chi connectivity index (χ1n) is 14.1. The quantitative estimate of drug-likeness (QED) is 0.569. The fourth-order valence-electron chi connectivity index (χ4n) is 7.06. The van der Waals surface area contributed by atoms with E-state index in [4.69, 9.17) is 0 Å². The first-order chi connectivity index (χ1) is 18.2. The summed E-state index contributed by atoms with van der Waals surface area (Å²) in [6.45, 7) is 6.47. The van der Waals surface area contributed by atoms with Crippen LogP contribution in [0.25, 0.3) is 0 Å². The summed E-state index contributed by atoms with van der Waals surface area (Å²) in [4.78, 5) is 41.0. The van der Waals surface area contributed by atoms with E-state index in [0.717, 1.165) is 62.9 Å². The summed E-state index contributed by atoms with van der Waals surface area (Å²) < 4.78 is 28.0. The molecule has 4 heterocycles. The number of likely N-dealkylation sites (tertiary alicyclic amines) is 1. The van der Waals surface area contributed by atoms with Gasteiger partial charge in [-0.2, -0.15) is 4.31 Å². The van der Waals surface area contributed by atoms with Crippen LogP contribution >= 0.6 is 0 Å². The van der Waals surface area contributed by atoms with Crippen LogP contribution in [0, 0.1) is 22.7 Å². The van der Waals surface area contributed by atoms with E-state index < -0.39 is 10.0 Å². The number of amides is 2. The van der Waals surface area contributed by atoms with Gasteiger partial charge in [-0.15, -0.1) is 5.01 Å². The molecule has 4 aliphatic heterocycles. The first kappa shape index (κ1) is 27.1. The fourth-order valence-corrected chi connectivity index (χ4v) is 8.53. The molecule has 4 fully saturated rings. The third-order valence-corrected chi connectivity index (χ3v) is 11.0. The van der Waals surface area contributed by atoms with E-state index in [-0.39, 0.29) is 34.7 Å². The number of nitroso groups, excluding NO2 is 1. The molecule has 1 aromatic carbocycles. The Hall–Kier alpha value is -2.53. The van der Waals surface area contributed by atoms with Gasteiger partial charge in [-0.1, -0.05) is 0 Å². The molecule has 4 aliphatic rings. The SMILES string of the molecule is CC(=O)Nc1ccc(S(=O)(=O)N2CCC(C3CCN4C(C3)C(C(=O)N3CCCCC3)C(C)[N+]4=O)CC2)cc1. The predicted octanol–water partition coefficient (Wildman–Crippen LogP) is 2.85. The molecule has 1 aromatic rings. The first-order valence-corrected chi connectivity index (χ1v) is 15.5. The highest BCUT2D eigenvalue weighted by Crippen LogP contribution is 2.42. The molecule has 38 heavy (non-hydrogen) atoms. The van der Waals surface area contributed by atoms with Crippen LogP contribution in [0.15, 0.2) is 29.2 Å². The molecular weight excluding hydrogens is 506 g/mol. The van der Waals surface area contributed by atoms with Gasteiger partial charge in [0, 0.05) is 45.7 Å². The Morgan fingerprint density at radius 3 is 2.18 bits per heavy atom.